The van der Waals surface area contributed by atoms with Gasteiger partial charge in [0.15, 0.2) is 0 Å². The summed E-state index contributed by atoms with van der Waals surface area (Å²) in [5, 5.41) is 5.83. The predicted octanol–water partition coefficient (Wildman–Crippen LogP) is 4.66. The summed E-state index contributed by atoms with van der Waals surface area (Å²) in [6.45, 7) is 3.31. The van der Waals surface area contributed by atoms with Crippen molar-refractivity contribution in [2.45, 2.75) is 38.6 Å². The zero-order valence-corrected chi connectivity index (χ0v) is 12.0. The largest absolute Gasteiger partial charge is 0.306 e. The minimum Gasteiger partial charge on any atom is -0.306 e. The molecule has 0 fully saturated rings. The van der Waals surface area contributed by atoms with Gasteiger partial charge in [-0.25, -0.2) is 0 Å². The minimum atomic E-state index is 0.442. The zero-order chi connectivity index (χ0) is 11.4. The number of rotatable bonds is 5. The van der Waals surface area contributed by atoms with Crippen LogP contribution >= 0.6 is 27.3 Å². The fourth-order valence-corrected chi connectivity index (χ4v) is 3.87. The van der Waals surface area contributed by atoms with Crippen molar-refractivity contribution in [2.75, 3.05) is 6.54 Å². The van der Waals surface area contributed by atoms with Crippen LogP contribution in [0, 0.1) is 0 Å². The third-order valence-electron chi connectivity index (χ3n) is 2.95. The molecule has 16 heavy (non-hydrogen) atoms. The highest BCUT2D eigenvalue weighted by atomic mass is 79.9. The predicted molar refractivity (Wildman–Crippen MR) is 75.0 cm³/mol. The lowest BCUT2D eigenvalue weighted by molar-refractivity contribution is 0.584. The zero-order valence-electron chi connectivity index (χ0n) is 9.63. The molecule has 0 aromatic carbocycles. The Labute approximate surface area is 110 Å². The van der Waals surface area contributed by atoms with Gasteiger partial charge < -0.3 is 5.32 Å². The summed E-state index contributed by atoms with van der Waals surface area (Å²) in [6.07, 6.45) is 7.43. The number of halogens is 1. The summed E-state index contributed by atoms with van der Waals surface area (Å²) in [7, 11) is 0. The lowest BCUT2D eigenvalue weighted by atomic mass is 10.1. The molecule has 1 atom stereocenters. The Morgan fingerprint density at radius 2 is 2.44 bits per heavy atom. The van der Waals surface area contributed by atoms with Crippen LogP contribution in [-0.4, -0.2) is 6.54 Å². The van der Waals surface area contributed by atoms with Gasteiger partial charge in [-0.05, 0) is 59.6 Å². The second kappa shape index (κ2) is 5.99. The Morgan fingerprint density at radius 3 is 3.00 bits per heavy atom. The van der Waals surface area contributed by atoms with Crippen LogP contribution in [-0.2, 0) is 0 Å². The lowest BCUT2D eigenvalue weighted by Crippen LogP contribution is -2.23. The monoisotopic (exact) mass is 299 g/mol. The van der Waals surface area contributed by atoms with Gasteiger partial charge in [0, 0.05) is 9.35 Å². The van der Waals surface area contributed by atoms with E-state index in [4.69, 9.17) is 0 Å². The first-order valence-corrected chi connectivity index (χ1v) is 7.65. The molecule has 1 aliphatic rings. The van der Waals surface area contributed by atoms with Gasteiger partial charge in [-0.15, -0.1) is 11.3 Å². The van der Waals surface area contributed by atoms with Crippen LogP contribution in [0.25, 0.3) is 0 Å². The molecule has 1 N–H and O–H groups in total. The standard InChI is InChI=1S/C13H18BrNS/c1-2-8-15-12(10-5-3-4-6-10)13-11(14)7-9-16-13/h5,7,9,12,15H,2-4,6,8H2,1H3. The molecule has 1 aromatic rings. The Kier molecular flexibility index (Phi) is 4.62. The van der Waals surface area contributed by atoms with Crippen LogP contribution in [0.1, 0.15) is 43.5 Å². The Balaban J connectivity index is 2.17. The second-order valence-electron chi connectivity index (χ2n) is 4.19. The van der Waals surface area contributed by atoms with Gasteiger partial charge in [0.2, 0.25) is 0 Å². The fraction of sp³-hybridized carbons (Fsp3) is 0.538. The molecule has 1 heterocycles. The first kappa shape index (κ1) is 12.3. The quantitative estimate of drug-likeness (QED) is 0.780. The van der Waals surface area contributed by atoms with Crippen molar-refractivity contribution in [3.8, 4) is 0 Å². The maximum Gasteiger partial charge on any atom is 0.0641 e. The third-order valence-corrected chi connectivity index (χ3v) is 4.89. The third kappa shape index (κ3) is 2.76. The number of thiophene rings is 1. The Bertz CT molecular complexity index is 370. The summed E-state index contributed by atoms with van der Waals surface area (Å²) >= 11 is 5.49. The number of hydrogen-bond donors (Lipinski definition) is 1. The molecule has 0 saturated heterocycles. The van der Waals surface area contributed by atoms with Crippen LogP contribution in [0.2, 0.25) is 0 Å². The maximum absolute atomic E-state index is 3.67. The van der Waals surface area contributed by atoms with Crippen molar-refractivity contribution in [2.24, 2.45) is 0 Å². The van der Waals surface area contributed by atoms with Gasteiger partial charge in [-0.3, -0.25) is 0 Å². The normalized spacial score (nSPS) is 17.5. The van der Waals surface area contributed by atoms with Crippen LogP contribution < -0.4 is 5.32 Å². The smallest absolute Gasteiger partial charge is 0.0641 e. The summed E-state index contributed by atoms with van der Waals surface area (Å²) in [6, 6.07) is 2.59. The molecule has 1 unspecified atom stereocenters. The van der Waals surface area contributed by atoms with Crippen molar-refractivity contribution in [1.29, 1.82) is 0 Å². The van der Waals surface area contributed by atoms with Gasteiger partial charge in [-0.1, -0.05) is 18.6 Å². The molecule has 1 nitrogen and oxygen atoms in total. The molecule has 0 saturated carbocycles. The second-order valence-corrected chi connectivity index (χ2v) is 5.99. The maximum atomic E-state index is 3.67. The molecule has 0 bridgehead atoms. The Hall–Kier alpha value is -0.120. The van der Waals surface area contributed by atoms with Crippen molar-refractivity contribution < 1.29 is 0 Å². The molecule has 3 heteroatoms. The van der Waals surface area contributed by atoms with Crippen LogP contribution in [0.4, 0.5) is 0 Å². The molecule has 0 spiro atoms. The van der Waals surface area contributed by atoms with E-state index in [1.807, 2.05) is 11.3 Å². The lowest BCUT2D eigenvalue weighted by Gasteiger charge is -2.19. The summed E-state index contributed by atoms with van der Waals surface area (Å²) < 4.78 is 1.25. The number of hydrogen-bond acceptors (Lipinski definition) is 2. The van der Waals surface area contributed by atoms with Gasteiger partial charge in [0.25, 0.3) is 0 Å². The molecule has 0 amide bonds. The topological polar surface area (TPSA) is 12.0 Å². The molecule has 1 aliphatic carbocycles. The molecular formula is C13H18BrNS. The number of nitrogens with one attached hydrogen (secondary N) is 1. The van der Waals surface area contributed by atoms with Crippen molar-refractivity contribution >= 4 is 27.3 Å². The van der Waals surface area contributed by atoms with E-state index >= 15 is 0 Å². The molecule has 0 radical (unpaired) electrons. The van der Waals surface area contributed by atoms with E-state index in [0.29, 0.717) is 6.04 Å². The summed E-state index contributed by atoms with van der Waals surface area (Å²) in [4.78, 5) is 1.43. The summed E-state index contributed by atoms with van der Waals surface area (Å²) in [5.41, 5.74) is 1.58. The van der Waals surface area contributed by atoms with E-state index in [2.05, 4.69) is 45.7 Å². The van der Waals surface area contributed by atoms with Gasteiger partial charge >= 0.3 is 0 Å². The van der Waals surface area contributed by atoms with Gasteiger partial charge in [0.05, 0.1) is 6.04 Å². The van der Waals surface area contributed by atoms with E-state index in [9.17, 15) is 0 Å². The van der Waals surface area contributed by atoms with E-state index in [1.54, 1.807) is 5.57 Å². The number of allylic oxidation sites excluding steroid dienone is 1. The highest BCUT2D eigenvalue weighted by Gasteiger charge is 2.21. The average Bonchev–Trinajstić information content (AvgIpc) is 2.91. The fourth-order valence-electron chi connectivity index (χ4n) is 2.15. The van der Waals surface area contributed by atoms with Crippen molar-refractivity contribution in [3.05, 3.63) is 32.4 Å². The average molecular weight is 300 g/mol. The molecular weight excluding hydrogens is 282 g/mol. The van der Waals surface area contributed by atoms with E-state index in [1.165, 1.54) is 35.0 Å². The first-order chi connectivity index (χ1) is 7.83. The van der Waals surface area contributed by atoms with E-state index in [0.717, 1.165) is 6.54 Å². The van der Waals surface area contributed by atoms with Crippen LogP contribution in [0.3, 0.4) is 0 Å². The van der Waals surface area contributed by atoms with Crippen molar-refractivity contribution in [1.82, 2.24) is 5.32 Å². The minimum absolute atomic E-state index is 0.442. The van der Waals surface area contributed by atoms with Crippen molar-refractivity contribution in [3.63, 3.8) is 0 Å². The van der Waals surface area contributed by atoms with Gasteiger partial charge in [0.1, 0.15) is 0 Å². The van der Waals surface area contributed by atoms with Crippen LogP contribution in [0.15, 0.2) is 27.6 Å². The first-order valence-electron chi connectivity index (χ1n) is 5.98. The highest BCUT2D eigenvalue weighted by Crippen LogP contribution is 2.37. The Morgan fingerprint density at radius 1 is 1.56 bits per heavy atom. The molecule has 2 rings (SSSR count). The molecule has 88 valence electrons. The van der Waals surface area contributed by atoms with E-state index < -0.39 is 0 Å². The summed E-state index contributed by atoms with van der Waals surface area (Å²) in [5.74, 6) is 0. The van der Waals surface area contributed by atoms with Crippen LogP contribution in [0.5, 0.6) is 0 Å². The highest BCUT2D eigenvalue weighted by molar-refractivity contribution is 9.10. The molecule has 1 aromatic heterocycles. The van der Waals surface area contributed by atoms with Gasteiger partial charge in [-0.2, -0.15) is 0 Å². The van der Waals surface area contributed by atoms with E-state index in [-0.39, 0.29) is 0 Å². The molecule has 0 aliphatic heterocycles. The SMILES string of the molecule is CCCNC(C1=CCCC1)c1sccc1Br.